The quantitative estimate of drug-likeness (QED) is 0.799. The van der Waals surface area contributed by atoms with E-state index in [0.29, 0.717) is 24.1 Å². The second-order valence-electron chi connectivity index (χ2n) is 5.43. The van der Waals surface area contributed by atoms with Gasteiger partial charge in [-0.05, 0) is 12.8 Å². The molecule has 3 amide bonds. The summed E-state index contributed by atoms with van der Waals surface area (Å²) < 4.78 is 0. The van der Waals surface area contributed by atoms with Gasteiger partial charge in [0.25, 0.3) is 0 Å². The molecule has 118 valence electrons. The van der Waals surface area contributed by atoms with Gasteiger partial charge < -0.3 is 15.5 Å². The Morgan fingerprint density at radius 1 is 1.32 bits per heavy atom. The Balaban J connectivity index is 1.43. The molecule has 0 radical (unpaired) electrons. The van der Waals surface area contributed by atoms with Gasteiger partial charge >= 0.3 is 0 Å². The molecule has 3 rings (SSSR count). The Kier molecular flexibility index (Phi) is 4.32. The van der Waals surface area contributed by atoms with Gasteiger partial charge in [-0.25, -0.2) is 0 Å². The first-order valence-electron chi connectivity index (χ1n) is 7.29. The van der Waals surface area contributed by atoms with Crippen LogP contribution in [-0.4, -0.2) is 52.5 Å². The van der Waals surface area contributed by atoms with E-state index in [4.69, 9.17) is 0 Å². The molecule has 0 spiro atoms. The summed E-state index contributed by atoms with van der Waals surface area (Å²) in [6, 6.07) is 0. The average Bonchev–Trinajstić information content (AvgIpc) is 3.25. The minimum absolute atomic E-state index is 0.0710. The number of nitrogens with one attached hydrogen (secondary N) is 2. The number of nitrogens with zero attached hydrogens (tertiary/aromatic N) is 3. The molecule has 0 bridgehead atoms. The number of carbonyl (C=O) groups excluding carboxylic acids is 3. The van der Waals surface area contributed by atoms with Crippen LogP contribution in [0.2, 0.25) is 0 Å². The van der Waals surface area contributed by atoms with Crippen LogP contribution in [0.1, 0.15) is 36.6 Å². The van der Waals surface area contributed by atoms with Crippen LogP contribution in [-0.2, 0) is 14.4 Å². The van der Waals surface area contributed by atoms with Crippen molar-refractivity contribution >= 4 is 34.2 Å². The molecule has 9 heteroatoms. The smallest absolute Gasteiger partial charge is 0.239 e. The van der Waals surface area contributed by atoms with E-state index < -0.39 is 0 Å². The van der Waals surface area contributed by atoms with Gasteiger partial charge in [0.05, 0.1) is 6.54 Å². The zero-order chi connectivity index (χ0) is 15.5. The molecule has 0 unspecified atom stereocenters. The Labute approximate surface area is 131 Å². The average molecular weight is 323 g/mol. The minimum atomic E-state index is -0.256. The molecule has 2 fully saturated rings. The summed E-state index contributed by atoms with van der Waals surface area (Å²) in [5.41, 5.74) is 0. The fourth-order valence-electron chi connectivity index (χ4n) is 2.19. The van der Waals surface area contributed by atoms with Crippen molar-refractivity contribution in [3.8, 4) is 0 Å². The topological polar surface area (TPSA) is 104 Å². The number of anilines is 1. The van der Waals surface area contributed by atoms with Gasteiger partial charge in [-0.1, -0.05) is 11.3 Å². The van der Waals surface area contributed by atoms with Crippen LogP contribution >= 0.6 is 11.3 Å². The summed E-state index contributed by atoms with van der Waals surface area (Å²) in [5, 5.41) is 14.7. The summed E-state index contributed by atoms with van der Waals surface area (Å²) in [6.45, 7) is 1.03. The first-order chi connectivity index (χ1) is 10.6. The number of carbonyl (C=O) groups is 3. The Morgan fingerprint density at radius 2 is 2.14 bits per heavy atom. The molecule has 2 aliphatic rings. The van der Waals surface area contributed by atoms with Crippen LogP contribution in [0.15, 0.2) is 0 Å². The number of rotatable bonds is 5. The van der Waals surface area contributed by atoms with Crippen molar-refractivity contribution in [2.45, 2.75) is 31.6 Å². The number of hydrogen-bond acceptors (Lipinski definition) is 6. The van der Waals surface area contributed by atoms with Crippen molar-refractivity contribution in [3.63, 3.8) is 0 Å². The third-order valence-electron chi connectivity index (χ3n) is 3.57. The highest BCUT2D eigenvalue weighted by Crippen LogP contribution is 2.42. The zero-order valence-corrected chi connectivity index (χ0v) is 12.8. The maximum absolute atomic E-state index is 11.9. The maximum atomic E-state index is 11.9. The van der Waals surface area contributed by atoms with Gasteiger partial charge in [0.2, 0.25) is 22.9 Å². The van der Waals surface area contributed by atoms with Gasteiger partial charge in [-0.2, -0.15) is 0 Å². The lowest BCUT2D eigenvalue weighted by atomic mass is 10.2. The van der Waals surface area contributed by atoms with E-state index in [1.807, 2.05) is 0 Å². The minimum Gasteiger partial charge on any atom is -0.353 e. The van der Waals surface area contributed by atoms with Gasteiger partial charge in [0.15, 0.2) is 0 Å². The van der Waals surface area contributed by atoms with E-state index in [-0.39, 0.29) is 37.1 Å². The highest BCUT2D eigenvalue weighted by Gasteiger charge is 2.28. The van der Waals surface area contributed by atoms with Crippen LogP contribution in [0.5, 0.6) is 0 Å². The Morgan fingerprint density at radius 3 is 2.86 bits per heavy atom. The molecular weight excluding hydrogens is 306 g/mol. The second kappa shape index (κ2) is 6.39. The summed E-state index contributed by atoms with van der Waals surface area (Å²) in [4.78, 5) is 36.5. The largest absolute Gasteiger partial charge is 0.353 e. The van der Waals surface area contributed by atoms with Crippen LogP contribution in [0.25, 0.3) is 0 Å². The van der Waals surface area contributed by atoms with Gasteiger partial charge in [0.1, 0.15) is 5.01 Å². The predicted octanol–water partition coefficient (Wildman–Crippen LogP) is 0.0926. The van der Waals surface area contributed by atoms with E-state index in [1.165, 1.54) is 16.2 Å². The van der Waals surface area contributed by atoms with Gasteiger partial charge in [0, 0.05) is 31.8 Å². The van der Waals surface area contributed by atoms with E-state index in [2.05, 4.69) is 20.8 Å². The molecular formula is C13H17N5O3S. The van der Waals surface area contributed by atoms with Crippen LogP contribution in [0, 0.1) is 0 Å². The predicted molar refractivity (Wildman–Crippen MR) is 79.3 cm³/mol. The summed E-state index contributed by atoms with van der Waals surface area (Å²) >= 11 is 1.39. The van der Waals surface area contributed by atoms with Crippen LogP contribution < -0.4 is 10.6 Å². The normalized spacial score (nSPS) is 18.0. The lowest BCUT2D eigenvalue weighted by molar-refractivity contribution is -0.138. The molecule has 1 saturated heterocycles. The summed E-state index contributed by atoms with van der Waals surface area (Å²) in [6.07, 6.45) is 2.45. The standard InChI is InChI=1S/C13H17N5O3S/c19-9(15-13-17-16-12(22-13)8-1-2-8)3-4-11(21)18-6-5-14-10(20)7-18/h8H,1-7H2,(H,14,20)(H,15,17,19). The Bertz CT molecular complexity index is 598. The molecule has 1 aliphatic carbocycles. The zero-order valence-electron chi connectivity index (χ0n) is 12.0. The van der Waals surface area contributed by atoms with Crippen LogP contribution in [0.3, 0.4) is 0 Å². The summed E-state index contributed by atoms with van der Waals surface area (Å²) in [7, 11) is 0. The van der Waals surface area contributed by atoms with E-state index in [1.54, 1.807) is 0 Å². The molecule has 1 aliphatic heterocycles. The first-order valence-corrected chi connectivity index (χ1v) is 8.11. The molecule has 22 heavy (non-hydrogen) atoms. The third-order valence-corrected chi connectivity index (χ3v) is 4.57. The highest BCUT2D eigenvalue weighted by molar-refractivity contribution is 7.15. The number of piperazine rings is 1. The van der Waals surface area contributed by atoms with E-state index >= 15 is 0 Å². The molecule has 1 aromatic heterocycles. The Hall–Kier alpha value is -2.03. The lowest BCUT2D eigenvalue weighted by Gasteiger charge is -2.26. The maximum Gasteiger partial charge on any atom is 0.239 e. The van der Waals surface area contributed by atoms with Crippen molar-refractivity contribution in [3.05, 3.63) is 5.01 Å². The van der Waals surface area contributed by atoms with Crippen molar-refractivity contribution in [1.29, 1.82) is 0 Å². The van der Waals surface area contributed by atoms with Crippen molar-refractivity contribution in [2.75, 3.05) is 25.0 Å². The fraction of sp³-hybridized carbons (Fsp3) is 0.615. The monoisotopic (exact) mass is 323 g/mol. The van der Waals surface area contributed by atoms with Gasteiger partial charge in [-0.15, -0.1) is 10.2 Å². The van der Waals surface area contributed by atoms with Crippen molar-refractivity contribution in [1.82, 2.24) is 20.4 Å². The molecule has 2 heterocycles. The second-order valence-corrected chi connectivity index (χ2v) is 6.44. The number of aromatic nitrogens is 2. The van der Waals surface area contributed by atoms with Gasteiger partial charge in [-0.3, -0.25) is 14.4 Å². The van der Waals surface area contributed by atoms with Crippen molar-refractivity contribution in [2.24, 2.45) is 0 Å². The van der Waals surface area contributed by atoms with Crippen LogP contribution in [0.4, 0.5) is 5.13 Å². The van der Waals surface area contributed by atoms with E-state index in [9.17, 15) is 14.4 Å². The molecule has 0 aromatic carbocycles. The van der Waals surface area contributed by atoms with Crippen molar-refractivity contribution < 1.29 is 14.4 Å². The molecule has 8 nitrogen and oxygen atoms in total. The third kappa shape index (κ3) is 3.79. The SMILES string of the molecule is O=C1CN(C(=O)CCC(=O)Nc2nnc(C3CC3)s2)CCN1. The number of amides is 3. The molecule has 2 N–H and O–H groups in total. The van der Waals surface area contributed by atoms with E-state index in [0.717, 1.165) is 17.8 Å². The lowest BCUT2D eigenvalue weighted by Crippen LogP contribution is -2.50. The summed E-state index contributed by atoms with van der Waals surface area (Å²) in [5.74, 6) is -0.0882. The highest BCUT2D eigenvalue weighted by atomic mass is 32.1. The molecule has 1 saturated carbocycles. The number of hydrogen-bond donors (Lipinski definition) is 2. The molecule has 0 atom stereocenters. The first kappa shape index (κ1) is 14.9. The molecule has 1 aromatic rings. The fourth-order valence-corrected chi connectivity index (χ4v) is 3.12.